The van der Waals surface area contributed by atoms with Crippen LogP contribution in [0.4, 0.5) is 0 Å². The number of carbonyl (C=O) groups excluding carboxylic acids is 1. The summed E-state index contributed by atoms with van der Waals surface area (Å²) in [5, 5.41) is 2.77. The lowest BCUT2D eigenvalue weighted by Gasteiger charge is -2.21. The third-order valence-electron chi connectivity index (χ3n) is 2.77. The van der Waals surface area contributed by atoms with Crippen LogP contribution in [0.2, 0.25) is 0 Å². The first kappa shape index (κ1) is 16.8. The van der Waals surface area contributed by atoms with E-state index in [9.17, 15) is 13.2 Å². The minimum Gasteiger partial charge on any atom is -0.346 e. The van der Waals surface area contributed by atoms with E-state index in [1.165, 1.54) is 24.4 Å². The number of aromatic nitrogens is 1. The number of hydrogen-bond acceptors (Lipinski definition) is 3. The molecule has 1 aromatic heterocycles. The third kappa shape index (κ3) is 3.59. The molecule has 0 aliphatic heterocycles. The van der Waals surface area contributed by atoms with E-state index in [2.05, 4.69) is 21.2 Å². The predicted molar refractivity (Wildman–Crippen MR) is 88.4 cm³/mol. The highest BCUT2D eigenvalue weighted by Gasteiger charge is 2.25. The van der Waals surface area contributed by atoms with Gasteiger partial charge in [-0.3, -0.25) is 4.79 Å². The molecule has 118 valence electrons. The van der Waals surface area contributed by atoms with Gasteiger partial charge in [0, 0.05) is 16.2 Å². The maximum atomic E-state index is 12.7. The highest BCUT2D eigenvalue weighted by atomic mass is 79.9. The molecule has 0 radical (unpaired) electrons. The molecule has 0 saturated carbocycles. The Bertz CT molecular complexity index is 790. The van der Waals surface area contributed by atoms with Gasteiger partial charge in [-0.25, -0.2) is 12.4 Å². The standard InChI is InChI=1S/C15H17BrN2O3S/c1-15(2,3)17-14(19)13-9-11(16)10-18(13)22(20,21)12-7-5-4-6-8-12/h4-10H,1-3H3,(H,17,19). The number of benzene rings is 1. The van der Waals surface area contributed by atoms with E-state index in [-0.39, 0.29) is 10.6 Å². The van der Waals surface area contributed by atoms with E-state index in [4.69, 9.17) is 0 Å². The van der Waals surface area contributed by atoms with Gasteiger partial charge >= 0.3 is 0 Å². The number of halogens is 1. The van der Waals surface area contributed by atoms with Gasteiger partial charge in [-0.05, 0) is 54.9 Å². The maximum absolute atomic E-state index is 12.7. The molecule has 0 saturated heterocycles. The smallest absolute Gasteiger partial charge is 0.269 e. The molecule has 1 N–H and O–H groups in total. The largest absolute Gasteiger partial charge is 0.346 e. The Kier molecular flexibility index (Phi) is 4.49. The molecule has 22 heavy (non-hydrogen) atoms. The predicted octanol–water partition coefficient (Wildman–Crippen LogP) is 3.02. The molecule has 0 fully saturated rings. The van der Waals surface area contributed by atoms with Gasteiger partial charge in [-0.15, -0.1) is 0 Å². The Labute approximate surface area is 138 Å². The molecule has 0 aliphatic rings. The molecule has 0 atom stereocenters. The van der Waals surface area contributed by atoms with Gasteiger partial charge in [-0.2, -0.15) is 0 Å². The topological polar surface area (TPSA) is 68.2 Å². The molecule has 1 aromatic carbocycles. The number of nitrogens with zero attached hydrogens (tertiary/aromatic N) is 1. The summed E-state index contributed by atoms with van der Waals surface area (Å²) in [6.07, 6.45) is 1.37. The Balaban J connectivity index is 2.52. The summed E-state index contributed by atoms with van der Waals surface area (Å²) < 4.78 is 26.9. The maximum Gasteiger partial charge on any atom is 0.269 e. The van der Waals surface area contributed by atoms with Crippen molar-refractivity contribution in [3.63, 3.8) is 0 Å². The lowest BCUT2D eigenvalue weighted by atomic mass is 10.1. The second-order valence-corrected chi connectivity index (χ2v) is 8.59. The van der Waals surface area contributed by atoms with Crippen molar-refractivity contribution >= 4 is 31.9 Å². The van der Waals surface area contributed by atoms with Crippen molar-refractivity contribution in [2.75, 3.05) is 0 Å². The first-order valence-electron chi connectivity index (χ1n) is 6.62. The summed E-state index contributed by atoms with van der Waals surface area (Å²) in [7, 11) is -3.82. The summed E-state index contributed by atoms with van der Waals surface area (Å²) in [5.41, 5.74) is -0.402. The second-order valence-electron chi connectivity index (χ2n) is 5.86. The van der Waals surface area contributed by atoms with Crippen LogP contribution in [0.3, 0.4) is 0 Å². The molecule has 1 amide bonds. The van der Waals surface area contributed by atoms with Crippen LogP contribution in [-0.2, 0) is 10.0 Å². The number of nitrogens with one attached hydrogen (secondary N) is 1. The molecule has 0 spiro atoms. The molecular formula is C15H17BrN2O3S. The van der Waals surface area contributed by atoms with Crippen molar-refractivity contribution in [2.45, 2.75) is 31.2 Å². The van der Waals surface area contributed by atoms with Gasteiger partial charge in [0.2, 0.25) is 0 Å². The molecule has 5 nitrogen and oxygen atoms in total. The van der Waals surface area contributed by atoms with Gasteiger partial charge < -0.3 is 5.32 Å². The molecule has 0 aliphatic carbocycles. The lowest BCUT2D eigenvalue weighted by Crippen LogP contribution is -2.41. The zero-order chi connectivity index (χ0) is 16.5. The third-order valence-corrected chi connectivity index (χ3v) is 4.90. The number of rotatable bonds is 3. The average Bonchev–Trinajstić information content (AvgIpc) is 2.81. The van der Waals surface area contributed by atoms with Gasteiger partial charge in [0.1, 0.15) is 5.69 Å². The number of carbonyl (C=O) groups is 1. The van der Waals surface area contributed by atoms with Gasteiger partial charge in [0.05, 0.1) is 4.90 Å². The molecule has 0 bridgehead atoms. The fourth-order valence-corrected chi connectivity index (χ4v) is 3.82. The molecule has 0 unspecified atom stereocenters. The summed E-state index contributed by atoms with van der Waals surface area (Å²) >= 11 is 3.23. The minimum atomic E-state index is -3.82. The van der Waals surface area contributed by atoms with Crippen molar-refractivity contribution in [1.82, 2.24) is 9.29 Å². The van der Waals surface area contributed by atoms with E-state index < -0.39 is 21.5 Å². The van der Waals surface area contributed by atoms with Crippen molar-refractivity contribution in [3.8, 4) is 0 Å². The first-order chi connectivity index (χ1) is 10.1. The van der Waals surface area contributed by atoms with Crippen LogP contribution in [0, 0.1) is 0 Å². The van der Waals surface area contributed by atoms with E-state index in [1.807, 2.05) is 20.8 Å². The van der Waals surface area contributed by atoms with Gasteiger partial charge in [0.15, 0.2) is 0 Å². The summed E-state index contributed by atoms with van der Waals surface area (Å²) in [6, 6.07) is 9.49. The first-order valence-corrected chi connectivity index (χ1v) is 8.85. The Morgan fingerprint density at radius 1 is 1.18 bits per heavy atom. The van der Waals surface area contributed by atoms with Crippen LogP contribution in [0.15, 0.2) is 52.0 Å². The van der Waals surface area contributed by atoms with Gasteiger partial charge in [-0.1, -0.05) is 18.2 Å². The van der Waals surface area contributed by atoms with Crippen molar-refractivity contribution in [1.29, 1.82) is 0 Å². The van der Waals surface area contributed by atoms with Gasteiger partial charge in [0.25, 0.3) is 15.9 Å². The minimum absolute atomic E-state index is 0.0608. The van der Waals surface area contributed by atoms with Crippen LogP contribution in [0.25, 0.3) is 0 Å². The van der Waals surface area contributed by atoms with E-state index in [0.29, 0.717) is 4.47 Å². The second kappa shape index (κ2) is 5.89. The normalized spacial score (nSPS) is 12.2. The van der Waals surface area contributed by atoms with Crippen LogP contribution >= 0.6 is 15.9 Å². The highest BCUT2D eigenvalue weighted by molar-refractivity contribution is 9.10. The van der Waals surface area contributed by atoms with Crippen molar-refractivity contribution < 1.29 is 13.2 Å². The number of hydrogen-bond donors (Lipinski definition) is 1. The van der Waals surface area contributed by atoms with Crippen LogP contribution in [0.1, 0.15) is 31.3 Å². The monoisotopic (exact) mass is 384 g/mol. The zero-order valence-electron chi connectivity index (χ0n) is 12.5. The average molecular weight is 385 g/mol. The fourth-order valence-electron chi connectivity index (χ4n) is 1.89. The molecule has 7 heteroatoms. The summed E-state index contributed by atoms with van der Waals surface area (Å²) in [5.74, 6) is -0.447. The quantitative estimate of drug-likeness (QED) is 0.883. The lowest BCUT2D eigenvalue weighted by molar-refractivity contribution is 0.0913. The van der Waals surface area contributed by atoms with Crippen molar-refractivity contribution in [2.24, 2.45) is 0 Å². The van der Waals surface area contributed by atoms with E-state index in [1.54, 1.807) is 18.2 Å². The van der Waals surface area contributed by atoms with Crippen LogP contribution < -0.4 is 5.32 Å². The Morgan fingerprint density at radius 3 is 2.32 bits per heavy atom. The summed E-state index contributed by atoms with van der Waals surface area (Å²) in [6.45, 7) is 5.50. The highest BCUT2D eigenvalue weighted by Crippen LogP contribution is 2.22. The van der Waals surface area contributed by atoms with E-state index in [0.717, 1.165) is 3.97 Å². The zero-order valence-corrected chi connectivity index (χ0v) is 14.9. The van der Waals surface area contributed by atoms with Crippen molar-refractivity contribution in [3.05, 3.63) is 52.8 Å². The molecule has 2 rings (SSSR count). The molecule has 2 aromatic rings. The Morgan fingerprint density at radius 2 is 1.77 bits per heavy atom. The molecule has 1 heterocycles. The molecular weight excluding hydrogens is 368 g/mol. The SMILES string of the molecule is CC(C)(C)NC(=O)c1cc(Br)cn1S(=O)(=O)c1ccccc1. The summed E-state index contributed by atoms with van der Waals surface area (Å²) in [4.78, 5) is 12.5. The van der Waals surface area contributed by atoms with E-state index >= 15 is 0 Å². The number of amides is 1. The Hall–Kier alpha value is -1.60. The fraction of sp³-hybridized carbons (Fsp3) is 0.267. The van der Waals surface area contributed by atoms with Crippen LogP contribution in [0.5, 0.6) is 0 Å². The van der Waals surface area contributed by atoms with Crippen LogP contribution in [-0.4, -0.2) is 23.8 Å².